The van der Waals surface area contributed by atoms with Gasteiger partial charge in [-0.2, -0.15) is 8.78 Å². The molecule has 0 saturated heterocycles. The molecule has 0 radical (unpaired) electrons. The van der Waals surface area contributed by atoms with Crippen LogP contribution in [0, 0.1) is 11.7 Å². The zero-order valence-electron chi connectivity index (χ0n) is 19.1. The third kappa shape index (κ3) is 6.83. The zero-order valence-corrected chi connectivity index (χ0v) is 20.7. The molecular weight excluding hydrogens is 522 g/mol. The SMILES string of the molecule is CC(N)c1oc(-c2ccc(OC(F)F)c(OCC3CC3)c2)nc1C(=O)NCc1ccc(Cl)cc1F.Cl. The Bertz CT molecular complexity index is 1220. The second-order valence-corrected chi connectivity index (χ2v) is 8.67. The number of halogens is 5. The average Bonchev–Trinajstić information content (AvgIpc) is 3.52. The molecule has 0 spiro atoms. The van der Waals surface area contributed by atoms with E-state index in [1.54, 1.807) is 6.92 Å². The number of aromatic nitrogens is 1. The zero-order chi connectivity index (χ0) is 25.1. The summed E-state index contributed by atoms with van der Waals surface area (Å²) in [6.07, 6.45) is 2.03. The van der Waals surface area contributed by atoms with Crippen molar-refractivity contribution in [3.05, 3.63) is 64.3 Å². The number of nitrogens with one attached hydrogen (secondary N) is 1. The maximum atomic E-state index is 14.0. The van der Waals surface area contributed by atoms with E-state index in [9.17, 15) is 18.0 Å². The summed E-state index contributed by atoms with van der Waals surface area (Å²) in [6.45, 7) is -1.14. The summed E-state index contributed by atoms with van der Waals surface area (Å²) in [4.78, 5) is 17.1. The third-order valence-corrected chi connectivity index (χ3v) is 5.55. The van der Waals surface area contributed by atoms with Crippen LogP contribution < -0.4 is 20.5 Å². The fourth-order valence-corrected chi connectivity index (χ4v) is 3.45. The Morgan fingerprint density at radius 2 is 2.00 bits per heavy atom. The number of benzene rings is 2. The van der Waals surface area contributed by atoms with Gasteiger partial charge >= 0.3 is 6.61 Å². The number of carbonyl (C=O) groups is 1. The van der Waals surface area contributed by atoms with Gasteiger partial charge in [0.15, 0.2) is 23.0 Å². The molecule has 1 aromatic heterocycles. The second-order valence-electron chi connectivity index (χ2n) is 8.23. The van der Waals surface area contributed by atoms with Gasteiger partial charge in [0.25, 0.3) is 5.91 Å². The Hall–Kier alpha value is -2.95. The van der Waals surface area contributed by atoms with Crippen molar-refractivity contribution in [2.75, 3.05) is 6.61 Å². The molecule has 1 aliphatic rings. The van der Waals surface area contributed by atoms with Gasteiger partial charge in [-0.15, -0.1) is 12.4 Å². The Morgan fingerprint density at radius 1 is 1.25 bits per heavy atom. The van der Waals surface area contributed by atoms with Crippen LogP contribution in [0.25, 0.3) is 11.5 Å². The summed E-state index contributed by atoms with van der Waals surface area (Å²) in [5.41, 5.74) is 6.51. The first-order valence-corrected chi connectivity index (χ1v) is 11.3. The largest absolute Gasteiger partial charge is 0.489 e. The van der Waals surface area contributed by atoms with E-state index < -0.39 is 24.4 Å². The summed E-state index contributed by atoms with van der Waals surface area (Å²) < 4.78 is 55.7. The fraction of sp³-hybridized carbons (Fsp3) is 0.333. The summed E-state index contributed by atoms with van der Waals surface area (Å²) in [6, 6.07) is 7.68. The summed E-state index contributed by atoms with van der Waals surface area (Å²) >= 11 is 5.76. The number of rotatable bonds is 10. The first-order chi connectivity index (χ1) is 16.7. The normalized spacial score (nSPS) is 13.8. The van der Waals surface area contributed by atoms with Gasteiger partial charge in [-0.05, 0) is 56.0 Å². The molecule has 2 aromatic carbocycles. The Kier molecular flexibility index (Phi) is 9.10. The van der Waals surface area contributed by atoms with Crippen LogP contribution in [-0.4, -0.2) is 24.1 Å². The monoisotopic (exact) mass is 545 g/mol. The van der Waals surface area contributed by atoms with Crippen molar-refractivity contribution < 1.29 is 31.9 Å². The Balaban J connectivity index is 0.00000361. The summed E-state index contributed by atoms with van der Waals surface area (Å²) in [5, 5.41) is 2.83. The number of nitrogens with two attached hydrogens (primary N) is 1. The molecule has 3 N–H and O–H groups in total. The first kappa shape index (κ1) is 27.6. The fourth-order valence-electron chi connectivity index (χ4n) is 3.29. The van der Waals surface area contributed by atoms with E-state index in [-0.39, 0.29) is 58.4 Å². The minimum atomic E-state index is -3.02. The molecule has 194 valence electrons. The highest BCUT2D eigenvalue weighted by Gasteiger charge is 2.26. The number of oxazole rings is 1. The van der Waals surface area contributed by atoms with Crippen molar-refractivity contribution in [3.63, 3.8) is 0 Å². The Morgan fingerprint density at radius 3 is 2.64 bits per heavy atom. The van der Waals surface area contributed by atoms with Gasteiger partial charge in [-0.25, -0.2) is 9.37 Å². The van der Waals surface area contributed by atoms with Crippen LogP contribution in [0.2, 0.25) is 5.02 Å². The molecule has 0 aliphatic heterocycles. The van der Waals surface area contributed by atoms with E-state index in [2.05, 4.69) is 15.0 Å². The number of ether oxygens (including phenoxy) is 2. The molecule has 1 amide bonds. The maximum Gasteiger partial charge on any atom is 0.387 e. The lowest BCUT2D eigenvalue weighted by Gasteiger charge is -2.12. The highest BCUT2D eigenvalue weighted by atomic mass is 35.5. The molecule has 1 heterocycles. The van der Waals surface area contributed by atoms with Crippen LogP contribution in [0.5, 0.6) is 11.5 Å². The van der Waals surface area contributed by atoms with Gasteiger partial charge in [0.1, 0.15) is 5.82 Å². The van der Waals surface area contributed by atoms with Crippen LogP contribution in [-0.2, 0) is 6.54 Å². The van der Waals surface area contributed by atoms with Gasteiger partial charge in [0, 0.05) is 22.7 Å². The molecule has 7 nitrogen and oxygen atoms in total. The standard InChI is InChI=1S/C24H23ClF3N3O4.ClH/c1-12(29)21-20(22(32)30-10-15-4-6-16(25)9-17(15)26)31-23(35-21)14-5-7-18(34-24(27)28)19(8-14)33-11-13-2-3-13;/h4-9,12-13,24H,2-3,10-11,29H2,1H3,(H,30,32);1H. The first-order valence-electron chi connectivity index (χ1n) is 10.9. The Labute approximate surface area is 216 Å². The lowest BCUT2D eigenvalue weighted by atomic mass is 10.2. The molecule has 1 unspecified atom stereocenters. The minimum Gasteiger partial charge on any atom is -0.489 e. The van der Waals surface area contributed by atoms with Crippen LogP contribution in [0.3, 0.4) is 0 Å². The maximum absolute atomic E-state index is 14.0. The van der Waals surface area contributed by atoms with Crippen LogP contribution >= 0.6 is 24.0 Å². The van der Waals surface area contributed by atoms with Crippen molar-refractivity contribution in [1.82, 2.24) is 10.3 Å². The van der Waals surface area contributed by atoms with Gasteiger partial charge in [0.05, 0.1) is 12.6 Å². The van der Waals surface area contributed by atoms with Crippen molar-refractivity contribution in [1.29, 1.82) is 0 Å². The molecule has 12 heteroatoms. The molecule has 1 atom stereocenters. The molecule has 1 fully saturated rings. The highest BCUT2D eigenvalue weighted by molar-refractivity contribution is 6.30. The number of hydrogen-bond donors (Lipinski definition) is 2. The van der Waals surface area contributed by atoms with Crippen molar-refractivity contribution >= 4 is 29.9 Å². The topological polar surface area (TPSA) is 99.6 Å². The van der Waals surface area contributed by atoms with E-state index in [1.165, 1.54) is 30.3 Å². The van der Waals surface area contributed by atoms with E-state index in [0.29, 0.717) is 18.1 Å². The van der Waals surface area contributed by atoms with Gasteiger partial charge in [-0.3, -0.25) is 4.79 Å². The van der Waals surface area contributed by atoms with Crippen molar-refractivity contribution in [2.24, 2.45) is 11.7 Å². The number of amides is 1. The predicted octanol–water partition coefficient (Wildman–Crippen LogP) is 5.90. The number of alkyl halides is 2. The average molecular weight is 546 g/mol. The number of hydrogen-bond acceptors (Lipinski definition) is 6. The molecular formula is C24H24Cl2F3N3O4. The lowest BCUT2D eigenvalue weighted by molar-refractivity contribution is -0.0515. The molecule has 4 rings (SSSR count). The molecule has 1 aliphatic carbocycles. The van der Waals surface area contributed by atoms with Gasteiger partial charge < -0.3 is 24.9 Å². The van der Waals surface area contributed by atoms with E-state index in [1.807, 2.05) is 0 Å². The minimum absolute atomic E-state index is 0. The van der Waals surface area contributed by atoms with Crippen molar-refractivity contribution in [2.45, 2.75) is 39.0 Å². The predicted molar refractivity (Wildman–Crippen MR) is 129 cm³/mol. The molecule has 3 aromatic rings. The number of carbonyl (C=O) groups excluding carboxylic acids is 1. The van der Waals surface area contributed by atoms with E-state index in [4.69, 9.17) is 26.5 Å². The van der Waals surface area contributed by atoms with Crippen LogP contribution in [0.15, 0.2) is 40.8 Å². The van der Waals surface area contributed by atoms with E-state index in [0.717, 1.165) is 18.9 Å². The van der Waals surface area contributed by atoms with Crippen molar-refractivity contribution in [3.8, 4) is 23.0 Å². The highest BCUT2D eigenvalue weighted by Crippen LogP contribution is 2.37. The van der Waals surface area contributed by atoms with Gasteiger partial charge in [0.2, 0.25) is 5.89 Å². The molecule has 1 saturated carbocycles. The molecule has 36 heavy (non-hydrogen) atoms. The summed E-state index contributed by atoms with van der Waals surface area (Å²) in [5.74, 6) is -0.654. The van der Waals surface area contributed by atoms with Gasteiger partial charge in [-0.1, -0.05) is 17.7 Å². The van der Waals surface area contributed by atoms with Crippen LogP contribution in [0.1, 0.15) is 47.6 Å². The quantitative estimate of drug-likeness (QED) is 0.329. The lowest BCUT2D eigenvalue weighted by Crippen LogP contribution is -2.25. The summed E-state index contributed by atoms with van der Waals surface area (Å²) in [7, 11) is 0. The smallest absolute Gasteiger partial charge is 0.387 e. The second kappa shape index (κ2) is 11.9. The van der Waals surface area contributed by atoms with Crippen LogP contribution in [0.4, 0.5) is 13.2 Å². The third-order valence-electron chi connectivity index (χ3n) is 5.31. The number of nitrogens with zero attached hydrogens (tertiary/aromatic N) is 1. The molecule has 0 bridgehead atoms. The van der Waals surface area contributed by atoms with E-state index >= 15 is 0 Å².